The van der Waals surface area contributed by atoms with E-state index in [1.54, 1.807) is 5.56 Å². The number of benzene rings is 2. The Balaban J connectivity index is 1.37. The Bertz CT molecular complexity index is 978. The van der Waals surface area contributed by atoms with Crippen molar-refractivity contribution in [2.24, 2.45) is 0 Å². The second-order valence-electron chi connectivity index (χ2n) is 8.08. The first-order valence-electron chi connectivity index (χ1n) is 11.1. The highest BCUT2D eigenvalue weighted by Crippen LogP contribution is 2.38. The van der Waals surface area contributed by atoms with Gasteiger partial charge in [0.15, 0.2) is 0 Å². The van der Waals surface area contributed by atoms with Crippen molar-refractivity contribution >= 4 is 10.9 Å². The van der Waals surface area contributed by atoms with Crippen LogP contribution in [0.5, 0.6) is 11.5 Å². The van der Waals surface area contributed by atoms with Crippen molar-refractivity contribution in [1.82, 2.24) is 9.88 Å². The molecule has 0 atom stereocenters. The summed E-state index contributed by atoms with van der Waals surface area (Å²) in [5.41, 5.74) is 5.95. The summed E-state index contributed by atoms with van der Waals surface area (Å²) in [4.78, 5) is 0. The molecule has 2 aliphatic heterocycles. The van der Waals surface area contributed by atoms with Crippen LogP contribution in [0, 0.1) is 0 Å². The molecule has 5 rings (SSSR count). The van der Waals surface area contributed by atoms with Crippen LogP contribution < -0.4 is 14.8 Å². The van der Waals surface area contributed by atoms with Crippen LogP contribution >= 0.6 is 0 Å². The lowest BCUT2D eigenvalue weighted by molar-refractivity contribution is 0.289. The molecule has 152 valence electrons. The van der Waals surface area contributed by atoms with Gasteiger partial charge in [-0.15, -0.1) is 0 Å². The molecule has 0 radical (unpaired) electrons. The van der Waals surface area contributed by atoms with Crippen molar-refractivity contribution in [3.8, 4) is 11.5 Å². The summed E-state index contributed by atoms with van der Waals surface area (Å²) in [6.07, 6.45) is 6.69. The van der Waals surface area contributed by atoms with Crippen molar-refractivity contribution in [2.75, 3.05) is 26.3 Å². The number of unbranched alkanes of at least 4 members (excludes halogenated alkanes) is 1. The Morgan fingerprint density at radius 3 is 2.76 bits per heavy atom. The predicted molar refractivity (Wildman–Crippen MR) is 117 cm³/mol. The number of para-hydroxylation sites is 1. The smallest absolute Gasteiger partial charge is 0.123 e. The van der Waals surface area contributed by atoms with Crippen LogP contribution in [0.25, 0.3) is 10.9 Å². The van der Waals surface area contributed by atoms with Crippen LogP contribution in [0.2, 0.25) is 0 Å². The van der Waals surface area contributed by atoms with Gasteiger partial charge in [-0.05, 0) is 68.5 Å². The largest absolute Gasteiger partial charge is 0.494 e. The number of hydrogen-bond acceptors (Lipinski definition) is 3. The van der Waals surface area contributed by atoms with Gasteiger partial charge in [0.2, 0.25) is 0 Å². The number of ether oxygens (including phenoxy) is 2. The van der Waals surface area contributed by atoms with Crippen molar-refractivity contribution in [2.45, 2.75) is 45.1 Å². The molecule has 4 nitrogen and oxygen atoms in total. The molecule has 4 heteroatoms. The van der Waals surface area contributed by atoms with Gasteiger partial charge in [-0.1, -0.05) is 18.2 Å². The van der Waals surface area contributed by atoms with E-state index in [0.29, 0.717) is 0 Å². The summed E-state index contributed by atoms with van der Waals surface area (Å²) in [7, 11) is 0. The molecule has 0 unspecified atom stereocenters. The minimum absolute atomic E-state index is 0.774. The van der Waals surface area contributed by atoms with Gasteiger partial charge in [0.25, 0.3) is 0 Å². The van der Waals surface area contributed by atoms with Crippen molar-refractivity contribution in [3.63, 3.8) is 0 Å². The number of aromatic nitrogens is 1. The maximum absolute atomic E-state index is 5.98. The molecule has 2 aliphatic rings. The van der Waals surface area contributed by atoms with E-state index in [2.05, 4.69) is 22.0 Å². The SMILES string of the molecule is c1ccc(OCCCCn2c3c(c4c5c(ccc42)OCCC5)CCNCC3)cc1. The maximum atomic E-state index is 5.98. The maximum Gasteiger partial charge on any atom is 0.123 e. The molecule has 0 bridgehead atoms. The van der Waals surface area contributed by atoms with E-state index in [1.807, 2.05) is 30.3 Å². The average Bonchev–Trinajstić information content (AvgIpc) is 2.90. The number of rotatable bonds is 6. The molecule has 0 aliphatic carbocycles. The zero-order valence-corrected chi connectivity index (χ0v) is 17.1. The van der Waals surface area contributed by atoms with Crippen LogP contribution in [0.4, 0.5) is 0 Å². The average molecular weight is 391 g/mol. The van der Waals surface area contributed by atoms with Crippen molar-refractivity contribution in [1.29, 1.82) is 0 Å². The summed E-state index contributed by atoms with van der Waals surface area (Å²) in [5, 5.41) is 5.07. The second kappa shape index (κ2) is 8.50. The second-order valence-corrected chi connectivity index (χ2v) is 8.08. The molecule has 0 fully saturated rings. The van der Waals surface area contributed by atoms with Crippen LogP contribution in [0.15, 0.2) is 42.5 Å². The molecule has 2 aromatic carbocycles. The zero-order valence-electron chi connectivity index (χ0n) is 17.1. The molecule has 0 saturated heterocycles. The molecular formula is C25H30N2O2. The summed E-state index contributed by atoms with van der Waals surface area (Å²) >= 11 is 0. The number of fused-ring (bicyclic) bond motifs is 5. The van der Waals surface area contributed by atoms with E-state index in [9.17, 15) is 0 Å². The lowest BCUT2D eigenvalue weighted by atomic mass is 9.97. The van der Waals surface area contributed by atoms with Gasteiger partial charge >= 0.3 is 0 Å². The lowest BCUT2D eigenvalue weighted by Crippen LogP contribution is -2.17. The van der Waals surface area contributed by atoms with Gasteiger partial charge in [0.05, 0.1) is 13.2 Å². The molecule has 1 N–H and O–H groups in total. The summed E-state index contributed by atoms with van der Waals surface area (Å²) in [5.74, 6) is 2.07. The monoisotopic (exact) mass is 390 g/mol. The molecular weight excluding hydrogens is 360 g/mol. The Morgan fingerprint density at radius 2 is 1.83 bits per heavy atom. The van der Waals surface area contributed by atoms with Gasteiger partial charge in [-0.25, -0.2) is 0 Å². The Hall–Kier alpha value is -2.46. The Morgan fingerprint density at radius 1 is 0.931 bits per heavy atom. The molecule has 0 saturated carbocycles. The fourth-order valence-corrected chi connectivity index (χ4v) is 4.88. The lowest BCUT2D eigenvalue weighted by Gasteiger charge is -2.19. The van der Waals surface area contributed by atoms with E-state index in [-0.39, 0.29) is 0 Å². The third kappa shape index (κ3) is 3.74. The standard InChI is InChI=1S/C25H30N2O2/c1-2-7-19(8-3-1)28-17-5-4-16-27-22-13-15-26-14-12-20(22)25-21-9-6-18-29-24(21)11-10-23(25)27/h1-3,7-8,10-11,26H,4-6,9,12-18H2. The van der Waals surface area contributed by atoms with E-state index in [1.165, 1.54) is 22.2 Å². The quantitative estimate of drug-likeness (QED) is 0.629. The number of nitrogens with one attached hydrogen (secondary N) is 1. The third-order valence-electron chi connectivity index (χ3n) is 6.22. The van der Waals surface area contributed by atoms with Crippen LogP contribution in [0.1, 0.15) is 36.1 Å². The molecule has 3 aromatic rings. The summed E-state index contributed by atoms with van der Waals surface area (Å²) in [6.45, 7) is 4.82. The third-order valence-corrected chi connectivity index (χ3v) is 6.22. The molecule has 0 spiro atoms. The number of nitrogens with zero attached hydrogens (tertiary/aromatic N) is 1. The highest BCUT2D eigenvalue weighted by molar-refractivity contribution is 5.91. The fraction of sp³-hybridized carbons (Fsp3) is 0.440. The van der Waals surface area contributed by atoms with Gasteiger partial charge in [-0.3, -0.25) is 0 Å². The molecule has 29 heavy (non-hydrogen) atoms. The first-order chi connectivity index (χ1) is 14.4. The highest BCUT2D eigenvalue weighted by atomic mass is 16.5. The van der Waals surface area contributed by atoms with E-state index in [0.717, 1.165) is 82.9 Å². The van der Waals surface area contributed by atoms with Gasteiger partial charge in [0.1, 0.15) is 11.5 Å². The summed E-state index contributed by atoms with van der Waals surface area (Å²) < 4.78 is 14.5. The normalized spacial score (nSPS) is 16.0. The molecule has 3 heterocycles. The number of hydrogen-bond donors (Lipinski definition) is 1. The molecule has 1 aromatic heterocycles. The minimum Gasteiger partial charge on any atom is -0.494 e. The van der Waals surface area contributed by atoms with Gasteiger partial charge < -0.3 is 19.4 Å². The summed E-state index contributed by atoms with van der Waals surface area (Å²) in [6, 6.07) is 14.6. The van der Waals surface area contributed by atoms with E-state index < -0.39 is 0 Å². The van der Waals surface area contributed by atoms with Gasteiger partial charge in [-0.2, -0.15) is 0 Å². The Labute approximate surface area is 172 Å². The van der Waals surface area contributed by atoms with Crippen LogP contribution in [-0.4, -0.2) is 30.9 Å². The fourth-order valence-electron chi connectivity index (χ4n) is 4.88. The first kappa shape index (κ1) is 18.6. The molecule has 0 amide bonds. The van der Waals surface area contributed by atoms with E-state index in [4.69, 9.17) is 9.47 Å². The van der Waals surface area contributed by atoms with Gasteiger partial charge in [0, 0.05) is 41.7 Å². The first-order valence-corrected chi connectivity index (χ1v) is 11.1. The zero-order chi connectivity index (χ0) is 19.5. The van der Waals surface area contributed by atoms with E-state index >= 15 is 0 Å². The van der Waals surface area contributed by atoms with Crippen LogP contribution in [0.3, 0.4) is 0 Å². The Kier molecular flexibility index (Phi) is 5.44. The number of aryl methyl sites for hydroxylation is 2. The minimum atomic E-state index is 0.774. The highest BCUT2D eigenvalue weighted by Gasteiger charge is 2.24. The van der Waals surface area contributed by atoms with Crippen molar-refractivity contribution in [3.05, 3.63) is 59.3 Å². The van der Waals surface area contributed by atoms with Crippen LogP contribution in [-0.2, 0) is 25.8 Å². The predicted octanol–water partition coefficient (Wildman–Crippen LogP) is 4.51. The van der Waals surface area contributed by atoms with Crippen molar-refractivity contribution < 1.29 is 9.47 Å². The topological polar surface area (TPSA) is 35.4 Å².